The van der Waals surface area contributed by atoms with E-state index in [1.807, 2.05) is 6.92 Å². The number of halogens is 5. The lowest BCUT2D eigenvalue weighted by Crippen LogP contribution is -2.20. The third-order valence-electron chi connectivity index (χ3n) is 2.12. The summed E-state index contributed by atoms with van der Waals surface area (Å²) in [6, 6.07) is 0.0585. The lowest BCUT2D eigenvalue weighted by atomic mass is 10.1. The van der Waals surface area contributed by atoms with Gasteiger partial charge in [-0.25, -0.2) is 4.39 Å². The van der Waals surface area contributed by atoms with E-state index >= 15 is 0 Å². The first kappa shape index (κ1) is 16.1. The summed E-state index contributed by atoms with van der Waals surface area (Å²) in [5.74, 6) is -0.941. The van der Waals surface area contributed by atoms with Crippen molar-refractivity contribution in [2.45, 2.75) is 26.1 Å². The Morgan fingerprint density at radius 2 is 2.00 bits per heavy atom. The summed E-state index contributed by atoms with van der Waals surface area (Å²) in [6.07, 6.45) is -3.92. The third kappa shape index (κ3) is 4.12. The van der Waals surface area contributed by atoms with Crippen LogP contribution < -0.4 is 5.32 Å². The van der Waals surface area contributed by atoms with E-state index in [2.05, 4.69) is 10.3 Å². The molecule has 0 aromatic carbocycles. The number of alkyl halides is 3. The highest BCUT2D eigenvalue weighted by Crippen LogP contribution is 2.30. The molecule has 0 bridgehead atoms. The number of hydrogen-bond donors (Lipinski definition) is 1. The lowest BCUT2D eigenvalue weighted by molar-refractivity contribution is -0.138. The van der Waals surface area contributed by atoms with Crippen molar-refractivity contribution in [1.29, 1.82) is 0 Å². The summed E-state index contributed by atoms with van der Waals surface area (Å²) in [5, 5.41) is 2.88. The number of nitrogens with one attached hydrogen (secondary N) is 1. The third-order valence-corrected chi connectivity index (χ3v) is 2.12. The molecule has 0 fully saturated rings. The van der Waals surface area contributed by atoms with Crippen LogP contribution in [0.3, 0.4) is 0 Å². The molecule has 17 heavy (non-hydrogen) atoms. The molecule has 0 radical (unpaired) electrons. The maximum atomic E-state index is 13.4. The van der Waals surface area contributed by atoms with Gasteiger partial charge in [0.1, 0.15) is 5.82 Å². The molecule has 1 unspecified atom stereocenters. The second-order valence-electron chi connectivity index (χ2n) is 3.37. The molecular weight excluding hydrogens is 260 g/mol. The van der Waals surface area contributed by atoms with Gasteiger partial charge in [0.15, 0.2) is 0 Å². The van der Waals surface area contributed by atoms with Gasteiger partial charge in [0.2, 0.25) is 0 Å². The zero-order valence-corrected chi connectivity index (χ0v) is 10.1. The topological polar surface area (TPSA) is 24.9 Å². The van der Waals surface area contributed by atoms with E-state index in [0.717, 1.165) is 0 Å². The molecule has 2 nitrogen and oxygen atoms in total. The molecule has 0 aliphatic heterocycles. The van der Waals surface area contributed by atoms with Gasteiger partial charge in [-0.15, -0.1) is 12.4 Å². The van der Waals surface area contributed by atoms with Crippen molar-refractivity contribution in [2.24, 2.45) is 0 Å². The van der Waals surface area contributed by atoms with Crippen molar-refractivity contribution in [3.8, 4) is 0 Å². The molecule has 1 aromatic heterocycles. The zero-order chi connectivity index (χ0) is 12.3. The molecule has 0 aliphatic rings. The van der Waals surface area contributed by atoms with Gasteiger partial charge < -0.3 is 5.32 Å². The number of pyridine rings is 1. The van der Waals surface area contributed by atoms with Crippen LogP contribution >= 0.6 is 12.4 Å². The predicted molar refractivity (Wildman–Crippen MR) is 58.5 cm³/mol. The van der Waals surface area contributed by atoms with E-state index in [-0.39, 0.29) is 18.1 Å². The largest absolute Gasteiger partial charge is 0.417 e. The van der Waals surface area contributed by atoms with Gasteiger partial charge in [-0.05, 0) is 19.5 Å². The fourth-order valence-corrected chi connectivity index (χ4v) is 1.33. The summed E-state index contributed by atoms with van der Waals surface area (Å²) in [5.41, 5.74) is -1.08. The van der Waals surface area contributed by atoms with E-state index in [1.54, 1.807) is 6.92 Å². The first-order chi connectivity index (χ1) is 7.36. The second kappa shape index (κ2) is 6.16. The first-order valence-electron chi connectivity index (χ1n) is 4.82. The lowest BCUT2D eigenvalue weighted by Gasteiger charge is -2.14. The smallest absolute Gasteiger partial charge is 0.309 e. The van der Waals surface area contributed by atoms with Gasteiger partial charge in [0.05, 0.1) is 11.3 Å². The van der Waals surface area contributed by atoms with Gasteiger partial charge in [-0.1, -0.05) is 6.92 Å². The van der Waals surface area contributed by atoms with Crippen LogP contribution in [0, 0.1) is 5.82 Å². The van der Waals surface area contributed by atoms with Crippen LogP contribution in [0.25, 0.3) is 0 Å². The molecule has 0 amide bonds. The molecule has 0 aliphatic carbocycles. The van der Waals surface area contributed by atoms with Crippen LogP contribution in [0.1, 0.15) is 31.1 Å². The summed E-state index contributed by atoms with van der Waals surface area (Å²) in [6.45, 7) is 4.05. The van der Waals surface area contributed by atoms with Crippen molar-refractivity contribution >= 4 is 12.4 Å². The van der Waals surface area contributed by atoms with Crippen LogP contribution in [0.4, 0.5) is 17.6 Å². The standard InChI is InChI=1S/C10H12F4N2.ClH/c1-3-15-6(2)9-8(11)4-7(5-16-9)10(12,13)14;/h4-6,15H,3H2,1-2H3;1H. The summed E-state index contributed by atoms with van der Waals surface area (Å²) >= 11 is 0. The Kier molecular flexibility index (Phi) is 5.84. The summed E-state index contributed by atoms with van der Waals surface area (Å²) in [4.78, 5) is 3.51. The van der Waals surface area contributed by atoms with Crippen LogP contribution in [-0.2, 0) is 6.18 Å². The van der Waals surface area contributed by atoms with Crippen molar-refractivity contribution in [1.82, 2.24) is 10.3 Å². The quantitative estimate of drug-likeness (QED) is 0.854. The molecule has 0 saturated carbocycles. The zero-order valence-electron chi connectivity index (χ0n) is 9.31. The Balaban J connectivity index is 0.00000256. The van der Waals surface area contributed by atoms with Crippen molar-refractivity contribution in [2.75, 3.05) is 6.54 Å². The van der Waals surface area contributed by atoms with Gasteiger partial charge in [-0.2, -0.15) is 13.2 Å². The highest BCUT2D eigenvalue weighted by Gasteiger charge is 2.32. The molecule has 1 aromatic rings. The van der Waals surface area contributed by atoms with E-state index in [4.69, 9.17) is 0 Å². The van der Waals surface area contributed by atoms with E-state index in [1.165, 1.54) is 0 Å². The van der Waals surface area contributed by atoms with E-state index in [9.17, 15) is 17.6 Å². The molecular formula is C10H13ClF4N2. The molecule has 7 heteroatoms. The summed E-state index contributed by atoms with van der Waals surface area (Å²) < 4.78 is 50.0. The van der Waals surface area contributed by atoms with Crippen LogP contribution in [0.15, 0.2) is 12.3 Å². The van der Waals surface area contributed by atoms with E-state index < -0.39 is 23.6 Å². The predicted octanol–water partition coefficient (Wildman–Crippen LogP) is 3.33. The average molecular weight is 273 g/mol. The van der Waals surface area contributed by atoms with Crippen LogP contribution in [0.2, 0.25) is 0 Å². The minimum absolute atomic E-state index is 0. The second-order valence-corrected chi connectivity index (χ2v) is 3.37. The molecule has 0 spiro atoms. The maximum Gasteiger partial charge on any atom is 0.417 e. The van der Waals surface area contributed by atoms with Gasteiger partial charge in [-0.3, -0.25) is 4.98 Å². The van der Waals surface area contributed by atoms with Crippen molar-refractivity contribution < 1.29 is 17.6 Å². The minimum atomic E-state index is -4.56. The van der Waals surface area contributed by atoms with Crippen molar-refractivity contribution in [3.63, 3.8) is 0 Å². The summed E-state index contributed by atoms with van der Waals surface area (Å²) in [7, 11) is 0. The molecule has 98 valence electrons. The highest BCUT2D eigenvalue weighted by atomic mass is 35.5. The Labute approximate surface area is 103 Å². The fraction of sp³-hybridized carbons (Fsp3) is 0.500. The average Bonchev–Trinajstić information content (AvgIpc) is 2.16. The molecule has 0 saturated heterocycles. The Morgan fingerprint density at radius 3 is 2.41 bits per heavy atom. The number of rotatable bonds is 3. The Hall–Kier alpha value is -0.880. The van der Waals surface area contributed by atoms with Gasteiger partial charge >= 0.3 is 6.18 Å². The number of hydrogen-bond acceptors (Lipinski definition) is 2. The van der Waals surface area contributed by atoms with Crippen LogP contribution in [0.5, 0.6) is 0 Å². The molecule has 1 heterocycles. The SMILES string of the molecule is CCNC(C)c1ncc(C(F)(F)F)cc1F.Cl. The first-order valence-corrected chi connectivity index (χ1v) is 4.82. The van der Waals surface area contributed by atoms with Crippen LogP contribution in [-0.4, -0.2) is 11.5 Å². The molecule has 1 atom stereocenters. The monoisotopic (exact) mass is 272 g/mol. The minimum Gasteiger partial charge on any atom is -0.309 e. The molecule has 1 N–H and O–H groups in total. The molecule has 1 rings (SSSR count). The highest BCUT2D eigenvalue weighted by molar-refractivity contribution is 5.85. The normalized spacial score (nSPS) is 13.1. The fourth-order valence-electron chi connectivity index (χ4n) is 1.33. The number of nitrogens with zero attached hydrogens (tertiary/aromatic N) is 1. The Bertz CT molecular complexity index is 368. The van der Waals surface area contributed by atoms with Gasteiger partial charge in [0.25, 0.3) is 0 Å². The Morgan fingerprint density at radius 1 is 1.41 bits per heavy atom. The number of aromatic nitrogens is 1. The van der Waals surface area contributed by atoms with Crippen molar-refractivity contribution in [3.05, 3.63) is 29.3 Å². The van der Waals surface area contributed by atoms with E-state index in [0.29, 0.717) is 18.8 Å². The maximum absolute atomic E-state index is 13.4. The van der Waals surface area contributed by atoms with Gasteiger partial charge in [0, 0.05) is 12.2 Å².